The van der Waals surface area contributed by atoms with E-state index in [2.05, 4.69) is 170 Å². The van der Waals surface area contributed by atoms with Crippen molar-refractivity contribution >= 4 is 74.6 Å². The van der Waals surface area contributed by atoms with Crippen LogP contribution in [0.2, 0.25) is 0 Å². The average molecular weight is 679 g/mol. The summed E-state index contributed by atoms with van der Waals surface area (Å²) in [4.78, 5) is 0. The first-order valence-corrected chi connectivity index (χ1v) is 18.6. The highest BCUT2D eigenvalue weighted by Gasteiger charge is 2.21. The third-order valence-electron chi connectivity index (χ3n) is 10.7. The smallest absolute Gasteiger partial charge is 0.135 e. The van der Waals surface area contributed by atoms with Gasteiger partial charge in [-0.2, -0.15) is 0 Å². The van der Waals surface area contributed by atoms with E-state index in [0.29, 0.717) is 0 Å². The summed E-state index contributed by atoms with van der Waals surface area (Å²) in [5.74, 6) is 0.892. The van der Waals surface area contributed by atoms with E-state index in [1.165, 1.54) is 96.6 Å². The molecule has 0 fully saturated rings. The van der Waals surface area contributed by atoms with E-state index in [0.717, 1.165) is 11.3 Å². The van der Waals surface area contributed by atoms with Crippen molar-refractivity contribution in [1.29, 1.82) is 0 Å². The van der Waals surface area contributed by atoms with Crippen LogP contribution in [0.4, 0.5) is 0 Å². The normalized spacial score (nSPS) is 11.8. The van der Waals surface area contributed by atoms with Crippen molar-refractivity contribution in [3.63, 3.8) is 0 Å². The van der Waals surface area contributed by atoms with Crippen LogP contribution in [0.5, 0.6) is 0 Å². The number of hydrogen-bond acceptors (Lipinski definition) is 2. The van der Waals surface area contributed by atoms with Gasteiger partial charge >= 0.3 is 0 Å². The minimum absolute atomic E-state index is 0.892. The van der Waals surface area contributed by atoms with Gasteiger partial charge in [0.15, 0.2) is 0 Å². The highest BCUT2D eigenvalue weighted by Crippen LogP contribution is 2.49. The standard InChI is InChI=1S/C50H30OS/c1-2-14-31(15-3-1)46-33-16-4-6-18-35(33)47(36-19-7-5-17-34(36)46)32-27-28-45-43(30-32)41-24-12-25-42(50(41)52-45)48-37-20-8-10-22-39(37)49(44-26-13-29-51-44)40-23-11-9-21-38(40)48/h1-30H. The molecule has 0 aliphatic carbocycles. The van der Waals surface area contributed by atoms with Crippen LogP contribution < -0.4 is 0 Å². The summed E-state index contributed by atoms with van der Waals surface area (Å²) in [7, 11) is 0. The van der Waals surface area contributed by atoms with E-state index < -0.39 is 0 Å². The lowest BCUT2D eigenvalue weighted by Gasteiger charge is -2.17. The molecule has 9 aromatic carbocycles. The fourth-order valence-electron chi connectivity index (χ4n) is 8.61. The number of hydrogen-bond donors (Lipinski definition) is 0. The Morgan fingerprint density at radius 1 is 0.327 bits per heavy atom. The predicted molar refractivity (Wildman–Crippen MR) is 223 cm³/mol. The molecule has 0 atom stereocenters. The molecule has 0 aliphatic rings. The van der Waals surface area contributed by atoms with Crippen LogP contribution in [-0.4, -0.2) is 0 Å². The van der Waals surface area contributed by atoms with E-state index >= 15 is 0 Å². The molecule has 0 aliphatic heterocycles. The quantitative estimate of drug-likeness (QED) is 0.169. The zero-order valence-corrected chi connectivity index (χ0v) is 29.0. The molecule has 1 nitrogen and oxygen atoms in total. The summed E-state index contributed by atoms with van der Waals surface area (Å²) in [6, 6.07) is 64.2. The lowest BCUT2D eigenvalue weighted by molar-refractivity contribution is 0.583. The Balaban J connectivity index is 1.18. The van der Waals surface area contributed by atoms with Crippen molar-refractivity contribution < 1.29 is 4.42 Å². The van der Waals surface area contributed by atoms with E-state index in [-0.39, 0.29) is 0 Å². The average Bonchev–Trinajstić information content (AvgIpc) is 3.88. The second kappa shape index (κ2) is 11.5. The third kappa shape index (κ3) is 4.28. The molecule has 11 aromatic rings. The molecule has 52 heavy (non-hydrogen) atoms. The lowest BCUT2D eigenvalue weighted by atomic mass is 9.85. The topological polar surface area (TPSA) is 13.1 Å². The van der Waals surface area contributed by atoms with Crippen LogP contribution in [0, 0.1) is 0 Å². The third-order valence-corrected chi connectivity index (χ3v) is 12.0. The summed E-state index contributed by atoms with van der Waals surface area (Å²) in [6.07, 6.45) is 1.77. The van der Waals surface area contributed by atoms with E-state index in [4.69, 9.17) is 4.42 Å². The van der Waals surface area contributed by atoms with E-state index in [1.54, 1.807) is 6.26 Å². The summed E-state index contributed by atoms with van der Waals surface area (Å²) < 4.78 is 8.63. The summed E-state index contributed by atoms with van der Waals surface area (Å²) in [5.41, 5.74) is 8.74. The molecule has 2 heteroatoms. The van der Waals surface area contributed by atoms with Crippen molar-refractivity contribution in [1.82, 2.24) is 0 Å². The Labute approximate surface area is 304 Å². The monoisotopic (exact) mass is 678 g/mol. The molecule has 0 bridgehead atoms. The summed E-state index contributed by atoms with van der Waals surface area (Å²) in [6.45, 7) is 0. The second-order valence-corrected chi connectivity index (χ2v) is 14.6. The number of thiophene rings is 1. The lowest BCUT2D eigenvalue weighted by Crippen LogP contribution is -1.90. The number of fused-ring (bicyclic) bond motifs is 7. The molecule has 0 spiro atoms. The molecule has 0 unspecified atom stereocenters. The molecule has 0 amide bonds. The number of benzene rings is 9. The van der Waals surface area contributed by atoms with Gasteiger partial charge in [-0.3, -0.25) is 0 Å². The van der Waals surface area contributed by atoms with Crippen molar-refractivity contribution in [3.8, 4) is 44.7 Å². The molecule has 2 aromatic heterocycles. The van der Waals surface area contributed by atoms with E-state index in [9.17, 15) is 0 Å². The van der Waals surface area contributed by atoms with Gasteiger partial charge in [-0.25, -0.2) is 0 Å². The fourth-order valence-corrected chi connectivity index (χ4v) is 9.81. The molecule has 0 saturated heterocycles. The maximum Gasteiger partial charge on any atom is 0.135 e. The van der Waals surface area contributed by atoms with E-state index in [1.807, 2.05) is 17.4 Å². The first-order valence-electron chi connectivity index (χ1n) is 17.8. The van der Waals surface area contributed by atoms with Crippen LogP contribution in [0.1, 0.15) is 0 Å². The summed E-state index contributed by atoms with van der Waals surface area (Å²) >= 11 is 1.89. The second-order valence-electron chi connectivity index (χ2n) is 13.5. The molecule has 2 heterocycles. The van der Waals surface area contributed by atoms with Gasteiger partial charge in [0.1, 0.15) is 5.76 Å². The van der Waals surface area contributed by atoms with Crippen LogP contribution in [0.25, 0.3) is 108 Å². The Morgan fingerprint density at radius 2 is 0.827 bits per heavy atom. The van der Waals surface area contributed by atoms with Crippen molar-refractivity contribution in [2.45, 2.75) is 0 Å². The first-order chi connectivity index (χ1) is 25.8. The predicted octanol–water partition coefficient (Wildman–Crippen LogP) is 14.9. The Bertz CT molecular complexity index is 3050. The van der Waals surface area contributed by atoms with Gasteiger partial charge in [-0.05, 0) is 95.2 Å². The Hall–Kier alpha value is -6.48. The molecule has 242 valence electrons. The fraction of sp³-hybridized carbons (Fsp3) is 0. The maximum atomic E-state index is 6.02. The molecule has 0 radical (unpaired) electrons. The van der Waals surface area contributed by atoms with Gasteiger partial charge in [-0.15, -0.1) is 11.3 Å². The Morgan fingerprint density at radius 3 is 1.38 bits per heavy atom. The summed E-state index contributed by atoms with van der Waals surface area (Å²) in [5, 5.41) is 12.5. The molecule has 0 N–H and O–H groups in total. The molecular formula is C50H30OS. The highest BCUT2D eigenvalue weighted by molar-refractivity contribution is 7.26. The minimum atomic E-state index is 0.892. The minimum Gasteiger partial charge on any atom is -0.464 e. The number of rotatable bonds is 4. The number of furan rings is 1. The molecule has 11 rings (SSSR count). The maximum absolute atomic E-state index is 6.02. The zero-order chi connectivity index (χ0) is 34.2. The van der Waals surface area contributed by atoms with Gasteiger partial charge < -0.3 is 4.42 Å². The first kappa shape index (κ1) is 29.3. The van der Waals surface area contributed by atoms with Crippen molar-refractivity contribution in [2.24, 2.45) is 0 Å². The Kier molecular flexibility index (Phi) is 6.49. The highest BCUT2D eigenvalue weighted by atomic mass is 32.1. The van der Waals surface area contributed by atoms with Crippen LogP contribution in [0.15, 0.2) is 187 Å². The largest absolute Gasteiger partial charge is 0.464 e. The van der Waals surface area contributed by atoms with Crippen LogP contribution in [0.3, 0.4) is 0 Å². The van der Waals surface area contributed by atoms with Gasteiger partial charge in [0.05, 0.1) is 6.26 Å². The van der Waals surface area contributed by atoms with Crippen molar-refractivity contribution in [3.05, 3.63) is 182 Å². The van der Waals surface area contributed by atoms with Gasteiger partial charge in [-0.1, -0.05) is 152 Å². The van der Waals surface area contributed by atoms with Gasteiger partial charge in [0.25, 0.3) is 0 Å². The molecule has 0 saturated carbocycles. The van der Waals surface area contributed by atoms with Crippen LogP contribution >= 0.6 is 11.3 Å². The molecular weight excluding hydrogens is 649 g/mol. The van der Waals surface area contributed by atoms with Gasteiger partial charge in [0, 0.05) is 31.3 Å². The SMILES string of the molecule is c1ccc(-c2c3ccccc3c(-c3ccc4sc5c(-c6c7ccccc7c(-c7ccco7)c7ccccc67)cccc5c4c3)c3ccccc23)cc1. The van der Waals surface area contributed by atoms with Crippen molar-refractivity contribution in [2.75, 3.05) is 0 Å². The van der Waals surface area contributed by atoms with Gasteiger partial charge in [0.2, 0.25) is 0 Å². The zero-order valence-electron chi connectivity index (χ0n) is 28.1. The van der Waals surface area contributed by atoms with Crippen LogP contribution in [-0.2, 0) is 0 Å².